The van der Waals surface area contributed by atoms with Gasteiger partial charge in [0.2, 0.25) is 0 Å². The molecule has 24 heavy (non-hydrogen) atoms. The molecule has 2 amide bonds. The van der Waals surface area contributed by atoms with Gasteiger partial charge in [-0.1, -0.05) is 11.6 Å². The second-order valence-electron chi connectivity index (χ2n) is 4.62. The van der Waals surface area contributed by atoms with Gasteiger partial charge in [-0.2, -0.15) is 18.2 Å². The average Bonchev–Trinajstić information content (AvgIpc) is 2.54. The summed E-state index contributed by atoms with van der Waals surface area (Å²) in [5, 5.41) is 2.69. The van der Waals surface area contributed by atoms with Crippen LogP contribution in [0, 0.1) is 0 Å². The summed E-state index contributed by atoms with van der Waals surface area (Å²) in [6.07, 6.45) is -4.79. The quantitative estimate of drug-likeness (QED) is 0.792. The maximum atomic E-state index is 13.2. The van der Waals surface area contributed by atoms with Gasteiger partial charge in [0.15, 0.2) is 5.71 Å². The standard InChI is InChI=1S/C16H12ClF3N2O2/c1-24-13-8-2-10(3-9-13)14(16(18,19)20)22-15(23)21-12-6-4-11(17)5-7-12/h2-9H,1H3,(H,21,23). The van der Waals surface area contributed by atoms with Gasteiger partial charge in [-0.3, -0.25) is 0 Å². The second kappa shape index (κ2) is 7.35. The maximum Gasteiger partial charge on any atom is 0.434 e. The van der Waals surface area contributed by atoms with E-state index in [0.717, 1.165) is 0 Å². The van der Waals surface area contributed by atoms with Gasteiger partial charge in [-0.05, 0) is 48.5 Å². The van der Waals surface area contributed by atoms with Crippen LogP contribution >= 0.6 is 11.6 Å². The number of urea groups is 1. The molecule has 2 aromatic carbocycles. The van der Waals surface area contributed by atoms with Crippen molar-refractivity contribution in [2.75, 3.05) is 12.4 Å². The molecular formula is C16H12ClF3N2O2. The van der Waals surface area contributed by atoms with Crippen LogP contribution in [-0.4, -0.2) is 25.0 Å². The molecule has 0 saturated heterocycles. The van der Waals surface area contributed by atoms with E-state index in [-0.39, 0.29) is 11.3 Å². The number of alkyl halides is 3. The normalized spacial score (nSPS) is 12.0. The Morgan fingerprint density at radius 2 is 1.67 bits per heavy atom. The summed E-state index contributed by atoms with van der Waals surface area (Å²) in [4.78, 5) is 15.0. The molecule has 2 rings (SSSR count). The van der Waals surface area contributed by atoms with E-state index < -0.39 is 17.9 Å². The van der Waals surface area contributed by atoms with Crippen LogP contribution in [0.1, 0.15) is 5.56 Å². The molecule has 0 heterocycles. The molecule has 0 aliphatic heterocycles. The number of nitrogens with zero attached hydrogens (tertiary/aromatic N) is 1. The van der Waals surface area contributed by atoms with E-state index in [2.05, 4.69) is 10.3 Å². The molecule has 0 radical (unpaired) electrons. The number of amides is 2. The molecule has 0 fully saturated rings. The van der Waals surface area contributed by atoms with Crippen molar-refractivity contribution in [3.8, 4) is 5.75 Å². The Balaban J connectivity index is 2.27. The highest BCUT2D eigenvalue weighted by molar-refractivity contribution is 6.30. The summed E-state index contributed by atoms with van der Waals surface area (Å²) >= 11 is 5.70. The first kappa shape index (κ1) is 17.8. The molecule has 0 aliphatic rings. The van der Waals surface area contributed by atoms with Crippen molar-refractivity contribution >= 4 is 29.0 Å². The Hall–Kier alpha value is -2.54. The highest BCUT2D eigenvalue weighted by Crippen LogP contribution is 2.24. The molecule has 0 aromatic heterocycles. The summed E-state index contributed by atoms with van der Waals surface area (Å²) in [6.45, 7) is 0. The fourth-order valence-electron chi connectivity index (χ4n) is 1.83. The highest BCUT2D eigenvalue weighted by atomic mass is 35.5. The third kappa shape index (κ3) is 4.73. The Labute approximate surface area is 140 Å². The minimum atomic E-state index is -4.79. The first-order valence-corrected chi connectivity index (χ1v) is 7.04. The summed E-state index contributed by atoms with van der Waals surface area (Å²) in [5.74, 6) is 0.394. The molecule has 0 unspecified atom stereocenters. The fraction of sp³-hybridized carbons (Fsp3) is 0.125. The Bertz CT molecular complexity index is 741. The Morgan fingerprint density at radius 3 is 2.17 bits per heavy atom. The van der Waals surface area contributed by atoms with Crippen molar-refractivity contribution in [3.05, 3.63) is 59.1 Å². The van der Waals surface area contributed by atoms with E-state index in [0.29, 0.717) is 10.8 Å². The molecule has 0 atom stereocenters. The van der Waals surface area contributed by atoms with Gasteiger partial charge in [0.1, 0.15) is 5.75 Å². The molecular weight excluding hydrogens is 345 g/mol. The molecule has 0 spiro atoms. The number of rotatable bonds is 3. The lowest BCUT2D eigenvalue weighted by atomic mass is 10.1. The topological polar surface area (TPSA) is 50.7 Å². The van der Waals surface area contributed by atoms with E-state index in [1.54, 1.807) is 0 Å². The molecule has 126 valence electrons. The van der Waals surface area contributed by atoms with Crippen molar-refractivity contribution in [1.82, 2.24) is 0 Å². The minimum Gasteiger partial charge on any atom is -0.497 e. The number of hydrogen-bond donors (Lipinski definition) is 1. The number of methoxy groups -OCH3 is 1. The SMILES string of the molecule is COc1ccc(C(=NC(=O)Nc2ccc(Cl)cc2)C(F)(F)F)cc1. The van der Waals surface area contributed by atoms with Gasteiger partial charge in [0, 0.05) is 16.3 Å². The number of ether oxygens (including phenoxy) is 1. The molecule has 0 saturated carbocycles. The zero-order valence-corrected chi connectivity index (χ0v) is 13.2. The fourth-order valence-corrected chi connectivity index (χ4v) is 1.95. The number of nitrogens with one attached hydrogen (secondary N) is 1. The average molecular weight is 357 g/mol. The van der Waals surface area contributed by atoms with E-state index >= 15 is 0 Å². The van der Waals surface area contributed by atoms with Gasteiger partial charge in [-0.15, -0.1) is 0 Å². The van der Waals surface area contributed by atoms with Gasteiger partial charge >= 0.3 is 12.2 Å². The number of aliphatic imine (C=N–C) groups is 1. The highest BCUT2D eigenvalue weighted by Gasteiger charge is 2.37. The number of anilines is 1. The predicted molar refractivity (Wildman–Crippen MR) is 86.1 cm³/mol. The van der Waals surface area contributed by atoms with Crippen molar-refractivity contribution in [3.63, 3.8) is 0 Å². The van der Waals surface area contributed by atoms with Crippen LogP contribution in [0.2, 0.25) is 5.02 Å². The van der Waals surface area contributed by atoms with E-state index in [1.165, 1.54) is 55.6 Å². The largest absolute Gasteiger partial charge is 0.497 e. The van der Waals surface area contributed by atoms with Crippen LogP contribution in [0.5, 0.6) is 5.75 Å². The smallest absolute Gasteiger partial charge is 0.434 e. The lowest BCUT2D eigenvalue weighted by Crippen LogP contribution is -2.26. The summed E-state index contributed by atoms with van der Waals surface area (Å²) < 4.78 is 44.4. The number of halogens is 4. The number of carbonyl (C=O) groups is 1. The van der Waals surface area contributed by atoms with Crippen molar-refractivity contribution < 1.29 is 22.7 Å². The summed E-state index contributed by atoms with van der Waals surface area (Å²) in [7, 11) is 1.40. The third-order valence-corrected chi connectivity index (χ3v) is 3.19. The monoisotopic (exact) mass is 356 g/mol. The minimum absolute atomic E-state index is 0.241. The first-order chi connectivity index (χ1) is 11.3. The lowest BCUT2D eigenvalue weighted by Gasteiger charge is -2.11. The Kier molecular flexibility index (Phi) is 5.46. The molecule has 1 N–H and O–H groups in total. The number of carbonyl (C=O) groups excluding carboxylic acids is 1. The zero-order chi connectivity index (χ0) is 17.7. The van der Waals surface area contributed by atoms with Crippen LogP contribution < -0.4 is 10.1 Å². The van der Waals surface area contributed by atoms with Crippen LogP contribution in [0.25, 0.3) is 0 Å². The summed E-state index contributed by atoms with van der Waals surface area (Å²) in [6, 6.07) is 9.83. The molecule has 8 heteroatoms. The van der Waals surface area contributed by atoms with Gasteiger partial charge < -0.3 is 10.1 Å². The van der Waals surface area contributed by atoms with Gasteiger partial charge in [-0.25, -0.2) is 4.79 Å². The van der Waals surface area contributed by atoms with Crippen LogP contribution in [-0.2, 0) is 0 Å². The van der Waals surface area contributed by atoms with E-state index in [4.69, 9.17) is 16.3 Å². The van der Waals surface area contributed by atoms with Crippen LogP contribution in [0.15, 0.2) is 53.5 Å². The van der Waals surface area contributed by atoms with Crippen LogP contribution in [0.4, 0.5) is 23.7 Å². The van der Waals surface area contributed by atoms with E-state index in [9.17, 15) is 18.0 Å². The summed E-state index contributed by atoms with van der Waals surface area (Å²) in [5.41, 5.74) is -1.25. The first-order valence-electron chi connectivity index (χ1n) is 6.66. The van der Waals surface area contributed by atoms with E-state index in [1.807, 2.05) is 0 Å². The predicted octanol–water partition coefficient (Wildman–Crippen LogP) is 4.93. The van der Waals surface area contributed by atoms with Crippen molar-refractivity contribution in [2.24, 2.45) is 4.99 Å². The second-order valence-corrected chi connectivity index (χ2v) is 5.06. The number of hydrogen-bond acceptors (Lipinski definition) is 2. The van der Waals surface area contributed by atoms with Crippen molar-refractivity contribution in [1.29, 1.82) is 0 Å². The van der Waals surface area contributed by atoms with Crippen molar-refractivity contribution in [2.45, 2.75) is 6.18 Å². The lowest BCUT2D eigenvalue weighted by molar-refractivity contribution is -0.0580. The molecule has 0 aliphatic carbocycles. The third-order valence-electron chi connectivity index (χ3n) is 2.94. The molecule has 2 aromatic rings. The van der Waals surface area contributed by atoms with Gasteiger partial charge in [0.05, 0.1) is 7.11 Å². The Morgan fingerprint density at radius 1 is 1.08 bits per heavy atom. The maximum absolute atomic E-state index is 13.2. The molecule has 4 nitrogen and oxygen atoms in total. The van der Waals surface area contributed by atoms with Gasteiger partial charge in [0.25, 0.3) is 0 Å². The zero-order valence-electron chi connectivity index (χ0n) is 12.4. The van der Waals surface area contributed by atoms with Crippen LogP contribution in [0.3, 0.4) is 0 Å². The molecule has 0 bridgehead atoms. The number of benzene rings is 2.